The normalized spacial score (nSPS) is 13.0. The summed E-state index contributed by atoms with van der Waals surface area (Å²) in [5.41, 5.74) is 3.59. The number of hydrogen-bond acceptors (Lipinski definition) is 5. The number of nitrogens with zero attached hydrogens (tertiary/aromatic N) is 2. The van der Waals surface area contributed by atoms with Crippen LogP contribution < -0.4 is 10.3 Å². The van der Waals surface area contributed by atoms with E-state index < -0.39 is 16.0 Å². The van der Waals surface area contributed by atoms with E-state index in [1.807, 2.05) is 0 Å². The highest BCUT2D eigenvalue weighted by atomic mass is 32.2. The van der Waals surface area contributed by atoms with Crippen LogP contribution in [-0.4, -0.2) is 35.5 Å². The summed E-state index contributed by atoms with van der Waals surface area (Å²) in [7, 11) is -3.35. The van der Waals surface area contributed by atoms with E-state index in [1.54, 1.807) is 24.3 Å². The number of aromatic nitrogens is 2. The van der Waals surface area contributed by atoms with E-state index in [1.165, 1.54) is 4.68 Å². The van der Waals surface area contributed by atoms with Crippen LogP contribution in [0.25, 0.3) is 11.3 Å². The van der Waals surface area contributed by atoms with E-state index in [9.17, 15) is 18.0 Å². The van der Waals surface area contributed by atoms with Crippen molar-refractivity contribution in [2.75, 3.05) is 11.0 Å². The van der Waals surface area contributed by atoms with Gasteiger partial charge in [-0.25, -0.2) is 13.1 Å². The molecular formula is C17H19N3O5S. The van der Waals surface area contributed by atoms with Gasteiger partial charge in [0, 0.05) is 30.3 Å². The van der Waals surface area contributed by atoms with E-state index in [-0.39, 0.29) is 18.5 Å². The average Bonchev–Trinajstić information content (AvgIpc) is 2.53. The highest BCUT2D eigenvalue weighted by Gasteiger charge is 2.20. The van der Waals surface area contributed by atoms with Crippen LogP contribution >= 0.6 is 0 Å². The highest BCUT2D eigenvalue weighted by molar-refractivity contribution is 7.92. The zero-order chi connectivity index (χ0) is 18.9. The van der Waals surface area contributed by atoms with Gasteiger partial charge in [0.25, 0.3) is 5.56 Å². The fraction of sp³-hybridized carbons (Fsp3) is 0.353. The number of aryl methyl sites for hydroxylation is 3. The van der Waals surface area contributed by atoms with Gasteiger partial charge in [-0.2, -0.15) is 5.10 Å². The first-order chi connectivity index (χ1) is 12.2. The summed E-state index contributed by atoms with van der Waals surface area (Å²) in [4.78, 5) is 22.8. The third-order valence-electron chi connectivity index (χ3n) is 4.16. The van der Waals surface area contributed by atoms with Crippen LogP contribution in [0.4, 0.5) is 5.69 Å². The first-order valence-electron chi connectivity index (χ1n) is 8.17. The topological polar surface area (TPSA) is 118 Å². The van der Waals surface area contributed by atoms with Gasteiger partial charge in [-0.15, -0.1) is 0 Å². The lowest BCUT2D eigenvalue weighted by Crippen LogP contribution is -2.25. The Morgan fingerprint density at radius 2 is 2.00 bits per heavy atom. The molecule has 0 fully saturated rings. The first kappa shape index (κ1) is 18.1. The lowest BCUT2D eigenvalue weighted by molar-refractivity contribution is -0.137. The SMILES string of the molecule is CS(=O)(=O)Nc1ccc2c(c1)CCc1cc(=O)n(CCCC(=O)O)nc1-2. The van der Waals surface area contributed by atoms with Crippen molar-refractivity contribution in [3.63, 3.8) is 0 Å². The molecule has 0 unspecified atom stereocenters. The van der Waals surface area contributed by atoms with E-state index in [0.717, 1.165) is 22.9 Å². The smallest absolute Gasteiger partial charge is 0.303 e. The molecule has 1 aromatic carbocycles. The van der Waals surface area contributed by atoms with Crippen LogP contribution in [0.15, 0.2) is 29.1 Å². The molecular weight excluding hydrogens is 358 g/mol. The molecule has 1 aromatic heterocycles. The molecule has 0 radical (unpaired) electrons. The number of benzene rings is 1. The molecule has 9 heteroatoms. The van der Waals surface area contributed by atoms with Crippen LogP contribution in [0.1, 0.15) is 24.0 Å². The quantitative estimate of drug-likeness (QED) is 0.782. The molecule has 0 atom stereocenters. The number of carbonyl (C=O) groups is 1. The molecule has 0 bridgehead atoms. The van der Waals surface area contributed by atoms with Crippen LogP contribution in [0.3, 0.4) is 0 Å². The van der Waals surface area contributed by atoms with Gasteiger partial charge in [0.05, 0.1) is 11.9 Å². The standard InChI is InChI=1S/C17H19N3O5S/c1-26(24,25)19-13-6-7-14-11(9-13)4-5-12-10-15(21)20(18-17(12)14)8-2-3-16(22)23/h6-7,9-10,19H,2-5,8H2,1H3,(H,22,23). The summed E-state index contributed by atoms with van der Waals surface area (Å²) in [6.07, 6.45) is 2.72. The van der Waals surface area contributed by atoms with Crippen molar-refractivity contribution >= 4 is 21.7 Å². The van der Waals surface area contributed by atoms with E-state index >= 15 is 0 Å². The Balaban J connectivity index is 1.94. The van der Waals surface area contributed by atoms with Gasteiger partial charge in [-0.1, -0.05) is 6.07 Å². The molecule has 138 valence electrons. The molecule has 0 spiro atoms. The van der Waals surface area contributed by atoms with Crippen molar-refractivity contribution in [2.24, 2.45) is 0 Å². The van der Waals surface area contributed by atoms with Gasteiger partial charge in [0.1, 0.15) is 0 Å². The summed E-state index contributed by atoms with van der Waals surface area (Å²) in [6.45, 7) is 0.238. The summed E-state index contributed by atoms with van der Waals surface area (Å²) in [6, 6.07) is 6.78. The molecule has 0 amide bonds. The first-order valence-corrected chi connectivity index (χ1v) is 10.1. The molecule has 26 heavy (non-hydrogen) atoms. The predicted molar refractivity (Wildman–Crippen MR) is 96.7 cm³/mol. The number of aliphatic carboxylic acids is 1. The summed E-state index contributed by atoms with van der Waals surface area (Å²) < 4.78 is 26.5. The number of carboxylic acids is 1. The Morgan fingerprint density at radius 3 is 2.69 bits per heavy atom. The number of sulfonamides is 1. The van der Waals surface area contributed by atoms with Gasteiger partial charge in [-0.3, -0.25) is 14.3 Å². The van der Waals surface area contributed by atoms with Crippen molar-refractivity contribution in [1.82, 2.24) is 9.78 Å². The minimum atomic E-state index is -3.35. The summed E-state index contributed by atoms with van der Waals surface area (Å²) in [5.74, 6) is -0.910. The molecule has 2 N–H and O–H groups in total. The number of hydrogen-bond donors (Lipinski definition) is 2. The third-order valence-corrected chi connectivity index (χ3v) is 4.77. The average molecular weight is 377 g/mol. The van der Waals surface area contributed by atoms with Gasteiger partial charge in [-0.05, 0) is 42.5 Å². The monoisotopic (exact) mass is 377 g/mol. The lowest BCUT2D eigenvalue weighted by Gasteiger charge is -2.20. The lowest BCUT2D eigenvalue weighted by atomic mass is 9.89. The minimum Gasteiger partial charge on any atom is -0.481 e. The molecule has 3 rings (SSSR count). The molecule has 1 aliphatic carbocycles. The van der Waals surface area contributed by atoms with Gasteiger partial charge >= 0.3 is 5.97 Å². The van der Waals surface area contributed by atoms with Crippen LogP contribution in [0, 0.1) is 0 Å². The second-order valence-corrected chi connectivity index (χ2v) is 8.07. The largest absolute Gasteiger partial charge is 0.481 e. The maximum absolute atomic E-state index is 12.2. The number of carboxylic acid groups (broad SMARTS) is 1. The number of nitrogens with one attached hydrogen (secondary N) is 1. The van der Waals surface area contributed by atoms with Crippen LogP contribution in [0.2, 0.25) is 0 Å². The number of rotatable bonds is 6. The fourth-order valence-corrected chi connectivity index (χ4v) is 3.62. The molecule has 1 heterocycles. The molecule has 0 saturated carbocycles. The third kappa shape index (κ3) is 4.10. The van der Waals surface area contributed by atoms with Gasteiger partial charge < -0.3 is 5.11 Å². The van der Waals surface area contributed by atoms with E-state index in [4.69, 9.17) is 5.11 Å². The van der Waals surface area contributed by atoms with Gasteiger partial charge in [0.2, 0.25) is 10.0 Å². The Hall–Kier alpha value is -2.68. The van der Waals surface area contributed by atoms with Crippen molar-refractivity contribution in [2.45, 2.75) is 32.2 Å². The number of anilines is 1. The number of fused-ring (bicyclic) bond motifs is 3. The fourth-order valence-electron chi connectivity index (χ4n) is 3.06. The summed E-state index contributed by atoms with van der Waals surface area (Å²) in [5, 5.41) is 13.2. The van der Waals surface area contributed by atoms with Crippen molar-refractivity contribution in [3.8, 4) is 11.3 Å². The van der Waals surface area contributed by atoms with E-state index in [2.05, 4.69) is 9.82 Å². The maximum Gasteiger partial charge on any atom is 0.303 e. The second-order valence-electron chi connectivity index (χ2n) is 6.32. The van der Waals surface area contributed by atoms with Crippen molar-refractivity contribution in [1.29, 1.82) is 0 Å². The van der Waals surface area contributed by atoms with Crippen molar-refractivity contribution < 1.29 is 18.3 Å². The Morgan fingerprint density at radius 1 is 1.27 bits per heavy atom. The molecule has 0 saturated heterocycles. The highest BCUT2D eigenvalue weighted by Crippen LogP contribution is 2.32. The minimum absolute atomic E-state index is 0.0255. The Labute approximate surface area is 150 Å². The summed E-state index contributed by atoms with van der Waals surface area (Å²) >= 11 is 0. The molecule has 8 nitrogen and oxygen atoms in total. The Kier molecular flexibility index (Phi) is 4.82. The zero-order valence-corrected chi connectivity index (χ0v) is 15.0. The Bertz CT molecular complexity index is 1030. The van der Waals surface area contributed by atoms with Crippen LogP contribution in [-0.2, 0) is 34.2 Å². The van der Waals surface area contributed by atoms with Crippen molar-refractivity contribution in [3.05, 3.63) is 45.7 Å². The maximum atomic E-state index is 12.2. The van der Waals surface area contributed by atoms with Crippen LogP contribution in [0.5, 0.6) is 0 Å². The zero-order valence-electron chi connectivity index (χ0n) is 14.2. The molecule has 2 aromatic rings. The molecule has 0 aliphatic heterocycles. The van der Waals surface area contributed by atoms with Gasteiger partial charge in [0.15, 0.2) is 0 Å². The molecule has 1 aliphatic rings. The van der Waals surface area contributed by atoms with E-state index in [0.29, 0.717) is 30.6 Å². The second kappa shape index (κ2) is 6.91. The predicted octanol–water partition coefficient (Wildman–Crippen LogP) is 1.25.